The van der Waals surface area contributed by atoms with Gasteiger partial charge in [0.2, 0.25) is 5.78 Å². The Hall–Kier alpha value is -3.28. The first kappa shape index (κ1) is 29.2. The molecule has 0 bridgehead atoms. The van der Waals surface area contributed by atoms with Crippen molar-refractivity contribution >= 4 is 17.5 Å². The average molecular weight is 572 g/mol. The highest BCUT2D eigenvalue weighted by Gasteiger charge is 2.63. The Kier molecular flexibility index (Phi) is 7.50. The summed E-state index contributed by atoms with van der Waals surface area (Å²) in [4.78, 5) is 42.6. The number of carbonyl (C=O) groups excluding carboxylic acids is 3. The molecule has 1 fully saturated rings. The van der Waals surface area contributed by atoms with Gasteiger partial charge in [0.15, 0.2) is 11.4 Å². The highest BCUT2D eigenvalue weighted by molar-refractivity contribution is 6.24. The number of phenols is 1. The Morgan fingerprint density at radius 2 is 1.78 bits per heavy atom. The van der Waals surface area contributed by atoms with Crippen molar-refractivity contribution in [3.8, 4) is 5.75 Å². The molecule has 1 amide bonds. The van der Waals surface area contributed by atoms with Gasteiger partial charge >= 0.3 is 0 Å². The van der Waals surface area contributed by atoms with Crippen molar-refractivity contribution in [1.29, 1.82) is 0 Å². The lowest BCUT2D eigenvalue weighted by molar-refractivity contribution is -0.148. The molecule has 0 spiro atoms. The summed E-state index contributed by atoms with van der Waals surface area (Å²) in [5, 5.41) is 44.7. The topological polar surface area (TPSA) is 165 Å². The third-order valence-electron chi connectivity index (χ3n) is 9.47. The zero-order chi connectivity index (χ0) is 30.0. The Morgan fingerprint density at radius 1 is 1.12 bits per heavy atom. The molecule has 0 aromatic heterocycles. The number of rotatable bonds is 6. The molecule has 4 atom stereocenters. The Labute approximate surface area is 237 Å². The molecule has 6 N–H and O–H groups in total. The van der Waals surface area contributed by atoms with Gasteiger partial charge in [-0.05, 0) is 64.7 Å². The van der Waals surface area contributed by atoms with Crippen molar-refractivity contribution in [3.05, 3.63) is 51.2 Å². The van der Waals surface area contributed by atoms with Crippen LogP contribution in [0.15, 0.2) is 28.7 Å². The number of amides is 1. The molecule has 1 saturated carbocycles. The maximum atomic E-state index is 16.0. The Bertz CT molecular complexity index is 1380. The predicted octanol–water partition coefficient (Wildman–Crippen LogP) is 2.27. The molecule has 1 aromatic rings. The molecule has 5 rings (SSSR count). The Balaban J connectivity index is 1.54. The van der Waals surface area contributed by atoms with Crippen LogP contribution in [0, 0.1) is 23.6 Å². The van der Waals surface area contributed by atoms with Gasteiger partial charge in [0.1, 0.15) is 28.7 Å². The fourth-order valence-corrected chi connectivity index (χ4v) is 7.63. The van der Waals surface area contributed by atoms with Crippen LogP contribution in [-0.4, -0.2) is 87.0 Å². The third kappa shape index (κ3) is 4.54. The van der Waals surface area contributed by atoms with Gasteiger partial charge in [-0.3, -0.25) is 19.3 Å². The first-order chi connectivity index (χ1) is 19.3. The lowest BCUT2D eigenvalue weighted by Crippen LogP contribution is -2.63. The standard InChI is InChI=1S/C30H38FN3O7/c1-33(2)24-18-10-15-9-17-21(19(35)11-16(23(17)31)13-34(3)12-14-7-5-4-6-8-14)25(36)20(15)27(38)30(18,41)28(39)22(26(24)37)29(32)40/h11,14-15,18,24,35,37-38,41H,4-10,12-13H2,1-3H3,(H2,32,40)/t15-,18-,24-,30-/m0/s1. The molecule has 10 nitrogen and oxygen atoms in total. The summed E-state index contributed by atoms with van der Waals surface area (Å²) in [6.07, 6.45) is 5.71. The number of nitrogens with zero attached hydrogens (tertiary/aromatic N) is 2. The minimum atomic E-state index is -2.72. The lowest BCUT2D eigenvalue weighted by atomic mass is 9.58. The van der Waals surface area contributed by atoms with Crippen LogP contribution >= 0.6 is 0 Å². The molecule has 222 valence electrons. The number of allylic oxidation sites excluding steroid dienone is 1. The predicted molar refractivity (Wildman–Crippen MR) is 147 cm³/mol. The molecule has 0 aliphatic heterocycles. The van der Waals surface area contributed by atoms with E-state index in [2.05, 4.69) is 0 Å². The summed E-state index contributed by atoms with van der Waals surface area (Å²) in [6, 6.07) is 0.125. The maximum Gasteiger partial charge on any atom is 0.255 e. The number of hydrogen-bond donors (Lipinski definition) is 5. The largest absolute Gasteiger partial charge is 0.510 e. The SMILES string of the molecule is CN(Cc1cc(O)c2c(c1F)C[C@H]1C[C@H]3[C@H](N(C)C)C(O)=C(C(N)=O)C(=O)[C@@]3(O)C(O)=C1C2=O)CC1CCCCC1. The van der Waals surface area contributed by atoms with Gasteiger partial charge in [-0.15, -0.1) is 0 Å². The summed E-state index contributed by atoms with van der Waals surface area (Å²) < 4.78 is 16.0. The minimum Gasteiger partial charge on any atom is -0.510 e. The van der Waals surface area contributed by atoms with Crippen molar-refractivity contribution in [2.24, 2.45) is 23.5 Å². The second-order valence-electron chi connectivity index (χ2n) is 12.4. The van der Waals surface area contributed by atoms with Gasteiger partial charge < -0.3 is 31.1 Å². The summed E-state index contributed by atoms with van der Waals surface area (Å²) in [6.45, 7) is 1.04. The van der Waals surface area contributed by atoms with E-state index in [-0.39, 0.29) is 41.6 Å². The van der Waals surface area contributed by atoms with Crippen molar-refractivity contribution < 1.29 is 39.2 Å². The van der Waals surface area contributed by atoms with Crippen LogP contribution in [0.5, 0.6) is 5.75 Å². The number of primary amides is 1. The first-order valence-electron chi connectivity index (χ1n) is 14.2. The molecule has 4 aliphatic carbocycles. The Morgan fingerprint density at radius 3 is 2.39 bits per heavy atom. The fourth-order valence-electron chi connectivity index (χ4n) is 7.63. The smallest absolute Gasteiger partial charge is 0.255 e. The number of aliphatic hydroxyl groups excluding tert-OH is 2. The molecule has 0 radical (unpaired) electrons. The highest BCUT2D eigenvalue weighted by atomic mass is 19.1. The number of nitrogens with two attached hydrogens (primary N) is 1. The summed E-state index contributed by atoms with van der Waals surface area (Å²) in [5.41, 5.74) is 1.41. The van der Waals surface area contributed by atoms with Gasteiger partial charge in [-0.1, -0.05) is 19.3 Å². The molecule has 0 unspecified atom stereocenters. The van der Waals surface area contributed by atoms with Crippen LogP contribution in [0.1, 0.15) is 60.0 Å². The first-order valence-corrected chi connectivity index (χ1v) is 14.2. The van der Waals surface area contributed by atoms with Gasteiger partial charge in [-0.25, -0.2) is 4.39 Å². The van der Waals surface area contributed by atoms with Crippen LogP contribution in [0.2, 0.25) is 0 Å². The van der Waals surface area contributed by atoms with Crippen LogP contribution in [-0.2, 0) is 22.6 Å². The number of aliphatic hydroxyl groups is 3. The number of benzene rings is 1. The van der Waals surface area contributed by atoms with E-state index in [1.54, 1.807) is 14.1 Å². The number of likely N-dealkylation sites (N-methyl/N-ethyl adjacent to an activating group) is 1. The van der Waals surface area contributed by atoms with Crippen LogP contribution in [0.25, 0.3) is 0 Å². The van der Waals surface area contributed by atoms with E-state index in [0.29, 0.717) is 5.92 Å². The zero-order valence-corrected chi connectivity index (χ0v) is 23.6. The van der Waals surface area contributed by atoms with E-state index in [0.717, 1.165) is 19.4 Å². The van der Waals surface area contributed by atoms with Crippen molar-refractivity contribution in [3.63, 3.8) is 0 Å². The second kappa shape index (κ2) is 10.5. The van der Waals surface area contributed by atoms with Crippen LogP contribution in [0.3, 0.4) is 0 Å². The summed E-state index contributed by atoms with van der Waals surface area (Å²) in [5.74, 6) is -7.59. The molecule has 0 heterocycles. The van der Waals surface area contributed by atoms with E-state index in [1.807, 2.05) is 11.9 Å². The van der Waals surface area contributed by atoms with Gasteiger partial charge in [0.05, 0.1) is 11.6 Å². The van der Waals surface area contributed by atoms with Gasteiger partial charge in [-0.2, -0.15) is 0 Å². The molecule has 1 aromatic carbocycles. The fraction of sp³-hybridized carbons (Fsp3) is 0.567. The molecule has 41 heavy (non-hydrogen) atoms. The number of phenolic OH excluding ortho intramolecular Hbond substituents is 1. The average Bonchev–Trinajstić information content (AvgIpc) is 2.89. The second-order valence-corrected chi connectivity index (χ2v) is 12.4. The number of fused-ring (bicyclic) bond motifs is 3. The summed E-state index contributed by atoms with van der Waals surface area (Å²) >= 11 is 0. The quantitative estimate of drug-likeness (QED) is 0.322. The van der Waals surface area contributed by atoms with E-state index >= 15 is 4.39 Å². The normalized spacial score (nSPS) is 28.7. The van der Waals surface area contributed by atoms with E-state index in [1.165, 1.54) is 30.2 Å². The molecule has 4 aliphatic rings. The van der Waals surface area contributed by atoms with Crippen molar-refractivity contribution in [2.45, 2.75) is 63.1 Å². The van der Waals surface area contributed by atoms with Crippen LogP contribution in [0.4, 0.5) is 4.39 Å². The van der Waals surface area contributed by atoms with Crippen molar-refractivity contribution in [1.82, 2.24) is 9.80 Å². The monoisotopic (exact) mass is 571 g/mol. The highest BCUT2D eigenvalue weighted by Crippen LogP contribution is 2.52. The number of ketones is 2. The van der Waals surface area contributed by atoms with E-state index in [4.69, 9.17) is 5.73 Å². The summed E-state index contributed by atoms with van der Waals surface area (Å²) in [7, 11) is 5.01. The molecule has 0 saturated heterocycles. The minimum absolute atomic E-state index is 0.0178. The maximum absolute atomic E-state index is 16.0. The lowest BCUT2D eigenvalue weighted by Gasteiger charge is -2.50. The number of hydrogen-bond acceptors (Lipinski definition) is 9. The van der Waals surface area contributed by atoms with E-state index < -0.39 is 69.6 Å². The number of aromatic hydroxyl groups is 1. The van der Waals surface area contributed by atoms with Crippen LogP contribution < -0.4 is 5.73 Å². The number of Topliss-reactive ketones (excluding diaryl/α,β-unsaturated/α-hetero) is 2. The molecule has 11 heteroatoms. The zero-order valence-electron chi connectivity index (χ0n) is 23.6. The molecular weight excluding hydrogens is 533 g/mol. The third-order valence-corrected chi connectivity index (χ3v) is 9.47. The number of halogens is 1. The van der Waals surface area contributed by atoms with Gasteiger partial charge in [0.25, 0.3) is 5.91 Å². The molecular formula is C30H38FN3O7. The van der Waals surface area contributed by atoms with E-state index in [9.17, 15) is 34.8 Å². The number of carbonyl (C=O) groups is 3. The van der Waals surface area contributed by atoms with Gasteiger partial charge in [0, 0.05) is 35.7 Å². The van der Waals surface area contributed by atoms with Crippen molar-refractivity contribution in [2.75, 3.05) is 27.7 Å².